The van der Waals surface area contributed by atoms with Crippen molar-refractivity contribution < 1.29 is 14.6 Å². The summed E-state index contributed by atoms with van der Waals surface area (Å²) in [5.41, 5.74) is 2.52. The average Bonchev–Trinajstić information content (AvgIpc) is 2.83. The molecule has 0 fully saturated rings. The van der Waals surface area contributed by atoms with Gasteiger partial charge in [0.2, 0.25) is 0 Å². The molecule has 1 aromatic carbocycles. The van der Waals surface area contributed by atoms with Crippen molar-refractivity contribution in [1.29, 1.82) is 0 Å². The lowest BCUT2D eigenvalue weighted by molar-refractivity contribution is 0.0828. The summed E-state index contributed by atoms with van der Waals surface area (Å²) >= 11 is 0. The smallest absolute Gasteiger partial charge is 0.166 e. The van der Waals surface area contributed by atoms with E-state index in [2.05, 4.69) is 18.1 Å². The summed E-state index contributed by atoms with van der Waals surface area (Å²) in [7, 11) is 1.69. The molecule has 24 heavy (non-hydrogen) atoms. The summed E-state index contributed by atoms with van der Waals surface area (Å²) in [6.07, 6.45) is 15.0. The maximum absolute atomic E-state index is 10.1. The lowest BCUT2D eigenvalue weighted by Gasteiger charge is -2.35. The molecule has 0 aromatic heterocycles. The highest BCUT2D eigenvalue weighted by atomic mass is 16.5. The summed E-state index contributed by atoms with van der Waals surface area (Å²) < 4.78 is 11.9. The van der Waals surface area contributed by atoms with Crippen LogP contribution in [0.5, 0.6) is 11.5 Å². The van der Waals surface area contributed by atoms with Crippen molar-refractivity contribution in [2.24, 2.45) is 5.92 Å². The fourth-order valence-electron chi connectivity index (χ4n) is 4.76. The van der Waals surface area contributed by atoms with Gasteiger partial charge in [-0.1, -0.05) is 18.2 Å². The van der Waals surface area contributed by atoms with Crippen LogP contribution in [-0.4, -0.2) is 24.4 Å². The zero-order chi connectivity index (χ0) is 16.7. The van der Waals surface area contributed by atoms with Crippen LogP contribution in [0.3, 0.4) is 0 Å². The Hall–Kier alpha value is -1.92. The lowest BCUT2D eigenvalue weighted by Crippen LogP contribution is -2.41. The number of benzene rings is 1. The van der Waals surface area contributed by atoms with Crippen molar-refractivity contribution in [3.05, 3.63) is 35.4 Å². The zero-order valence-electron chi connectivity index (χ0n) is 14.1. The predicted octanol–water partition coefficient (Wildman–Crippen LogP) is 3.38. The molecule has 1 spiro atoms. The van der Waals surface area contributed by atoms with E-state index < -0.39 is 6.10 Å². The topological polar surface area (TPSA) is 38.7 Å². The van der Waals surface area contributed by atoms with Gasteiger partial charge in [-0.05, 0) is 43.2 Å². The second-order valence-corrected chi connectivity index (χ2v) is 7.29. The van der Waals surface area contributed by atoms with Gasteiger partial charge in [0.05, 0.1) is 18.6 Å². The van der Waals surface area contributed by atoms with Gasteiger partial charge < -0.3 is 14.6 Å². The molecule has 0 saturated carbocycles. The minimum atomic E-state index is -0.426. The average molecular weight is 324 g/mol. The van der Waals surface area contributed by atoms with Gasteiger partial charge >= 0.3 is 0 Å². The number of methoxy groups -OCH3 is 1. The van der Waals surface area contributed by atoms with Crippen molar-refractivity contribution in [3.8, 4) is 23.8 Å². The summed E-state index contributed by atoms with van der Waals surface area (Å²) in [6.45, 7) is 0. The fourth-order valence-corrected chi connectivity index (χ4v) is 4.76. The van der Waals surface area contributed by atoms with Gasteiger partial charge in [0.25, 0.3) is 0 Å². The van der Waals surface area contributed by atoms with E-state index >= 15 is 0 Å². The third-order valence-corrected chi connectivity index (χ3v) is 5.97. The Kier molecular flexibility index (Phi) is 3.81. The fraction of sp³-hybridized carbons (Fsp3) is 0.524. The first kappa shape index (κ1) is 15.6. The van der Waals surface area contributed by atoms with E-state index in [1.807, 2.05) is 12.1 Å². The molecule has 3 nitrogen and oxygen atoms in total. The van der Waals surface area contributed by atoms with Crippen molar-refractivity contribution >= 4 is 0 Å². The standard InChI is InChI=1S/C21H24O3/c1-3-4-5-14-8-10-21-11-9-16(22)13-18(21)24-20-17(23-2)7-6-15(12-14)19(20)21/h1,6-7,9,11,14,16,18,22H,4-5,8,10,12-13H2,2H3/t14?,16-,18?,21?/m0/s1. The van der Waals surface area contributed by atoms with Gasteiger partial charge in [-0.3, -0.25) is 0 Å². The number of rotatable bonds is 3. The molecular weight excluding hydrogens is 300 g/mol. The van der Waals surface area contributed by atoms with Gasteiger partial charge in [0.1, 0.15) is 6.10 Å². The van der Waals surface area contributed by atoms with Crippen LogP contribution in [0, 0.1) is 18.3 Å². The van der Waals surface area contributed by atoms with Crippen LogP contribution in [0.4, 0.5) is 0 Å². The molecule has 2 aliphatic carbocycles. The Bertz CT molecular complexity index is 715. The number of aliphatic hydroxyl groups excluding tert-OH is 1. The third-order valence-electron chi connectivity index (χ3n) is 5.97. The predicted molar refractivity (Wildman–Crippen MR) is 93.3 cm³/mol. The Morgan fingerprint density at radius 3 is 3.12 bits per heavy atom. The van der Waals surface area contributed by atoms with Crippen LogP contribution < -0.4 is 9.47 Å². The van der Waals surface area contributed by atoms with Gasteiger partial charge in [-0.25, -0.2) is 0 Å². The molecule has 126 valence electrons. The molecule has 1 aliphatic heterocycles. The van der Waals surface area contributed by atoms with Crippen molar-refractivity contribution in [1.82, 2.24) is 0 Å². The first-order valence-electron chi connectivity index (χ1n) is 8.86. The summed E-state index contributed by atoms with van der Waals surface area (Å²) in [5, 5.41) is 10.1. The van der Waals surface area contributed by atoms with Crippen LogP contribution in [-0.2, 0) is 11.8 Å². The van der Waals surface area contributed by atoms with E-state index in [-0.39, 0.29) is 11.5 Å². The van der Waals surface area contributed by atoms with E-state index in [4.69, 9.17) is 15.9 Å². The quantitative estimate of drug-likeness (QED) is 0.684. The molecule has 0 saturated heterocycles. The van der Waals surface area contributed by atoms with E-state index in [1.165, 1.54) is 11.1 Å². The summed E-state index contributed by atoms with van der Waals surface area (Å²) in [4.78, 5) is 0. The molecule has 4 rings (SSSR count). The first-order chi connectivity index (χ1) is 11.7. The molecule has 1 N–H and O–H groups in total. The van der Waals surface area contributed by atoms with Crippen LogP contribution in [0.15, 0.2) is 24.3 Å². The van der Waals surface area contributed by atoms with Crippen LogP contribution in [0.1, 0.15) is 43.2 Å². The number of terminal acetylenes is 1. The van der Waals surface area contributed by atoms with E-state index in [0.717, 1.165) is 43.6 Å². The Labute approximate surface area is 143 Å². The minimum absolute atomic E-state index is 0.00562. The highest BCUT2D eigenvalue weighted by molar-refractivity contribution is 5.61. The first-order valence-corrected chi connectivity index (χ1v) is 8.86. The number of ether oxygens (including phenoxy) is 2. The molecule has 3 heteroatoms. The summed E-state index contributed by atoms with van der Waals surface area (Å²) in [5.74, 6) is 5.08. The maximum Gasteiger partial charge on any atom is 0.166 e. The van der Waals surface area contributed by atoms with Crippen molar-refractivity contribution in [2.75, 3.05) is 7.11 Å². The SMILES string of the molecule is C#CCCC1CCC23C=C[C@H](O)CC2Oc2c(OC)ccc(c23)C1. The number of aliphatic hydroxyl groups is 1. The Balaban J connectivity index is 1.82. The molecule has 0 bridgehead atoms. The van der Waals surface area contributed by atoms with E-state index in [9.17, 15) is 5.11 Å². The largest absolute Gasteiger partial charge is 0.493 e. The van der Waals surface area contributed by atoms with Crippen LogP contribution in [0.25, 0.3) is 0 Å². The van der Waals surface area contributed by atoms with Gasteiger partial charge in [0, 0.05) is 18.4 Å². The van der Waals surface area contributed by atoms with Crippen molar-refractivity contribution in [2.45, 2.75) is 56.1 Å². The van der Waals surface area contributed by atoms with Crippen LogP contribution >= 0.6 is 0 Å². The van der Waals surface area contributed by atoms with Crippen LogP contribution in [0.2, 0.25) is 0 Å². The van der Waals surface area contributed by atoms with Gasteiger partial charge in [-0.15, -0.1) is 12.3 Å². The molecule has 3 aliphatic rings. The van der Waals surface area contributed by atoms with E-state index in [1.54, 1.807) is 7.11 Å². The second kappa shape index (κ2) is 5.86. The second-order valence-electron chi connectivity index (χ2n) is 7.29. The van der Waals surface area contributed by atoms with Gasteiger partial charge in [0.15, 0.2) is 11.5 Å². The highest BCUT2D eigenvalue weighted by Crippen LogP contribution is 2.57. The summed E-state index contributed by atoms with van der Waals surface area (Å²) in [6, 6.07) is 4.21. The molecule has 0 amide bonds. The molecular formula is C21H24O3. The lowest BCUT2D eigenvalue weighted by atomic mass is 9.69. The van der Waals surface area contributed by atoms with E-state index in [0.29, 0.717) is 12.3 Å². The molecule has 1 aromatic rings. The third kappa shape index (κ3) is 2.24. The molecule has 3 unspecified atom stereocenters. The highest BCUT2D eigenvalue weighted by Gasteiger charge is 2.52. The molecule has 0 radical (unpaired) electrons. The minimum Gasteiger partial charge on any atom is -0.493 e. The number of hydrogen-bond acceptors (Lipinski definition) is 3. The maximum atomic E-state index is 10.1. The van der Waals surface area contributed by atoms with Gasteiger partial charge in [-0.2, -0.15) is 0 Å². The normalized spacial score (nSPS) is 33.0. The zero-order valence-corrected chi connectivity index (χ0v) is 14.1. The molecule has 4 atom stereocenters. The number of hydrogen-bond donors (Lipinski definition) is 1. The monoisotopic (exact) mass is 324 g/mol. The molecule has 1 heterocycles. The Morgan fingerprint density at radius 1 is 1.46 bits per heavy atom. The Morgan fingerprint density at radius 2 is 2.33 bits per heavy atom. The van der Waals surface area contributed by atoms with Crippen molar-refractivity contribution in [3.63, 3.8) is 0 Å².